The number of hydrogen-bond donors (Lipinski definition) is 1. The van der Waals surface area contributed by atoms with Gasteiger partial charge in [0.1, 0.15) is 0 Å². The smallest absolute Gasteiger partial charge is 0.0534 e. The first-order chi connectivity index (χ1) is 8.38. The van der Waals surface area contributed by atoms with Crippen LogP contribution in [0.1, 0.15) is 57.4 Å². The normalized spacial score (nSPS) is 15.4. The van der Waals surface area contributed by atoms with Crippen LogP contribution in [0.25, 0.3) is 0 Å². The summed E-state index contributed by atoms with van der Waals surface area (Å²) < 4.78 is 2.09. The van der Waals surface area contributed by atoms with Gasteiger partial charge in [0.25, 0.3) is 0 Å². The quantitative estimate of drug-likeness (QED) is 0.667. The zero-order valence-corrected chi connectivity index (χ0v) is 11.0. The van der Waals surface area contributed by atoms with E-state index in [0.717, 1.165) is 19.1 Å². The third kappa shape index (κ3) is 4.90. The van der Waals surface area contributed by atoms with Gasteiger partial charge in [0.15, 0.2) is 0 Å². The monoisotopic (exact) mass is 235 g/mol. The highest BCUT2D eigenvalue weighted by Gasteiger charge is 2.20. The van der Waals surface area contributed by atoms with Crippen molar-refractivity contribution in [3.8, 4) is 0 Å². The Bertz CT molecular complexity index is 315. The van der Waals surface area contributed by atoms with Crippen molar-refractivity contribution in [2.24, 2.45) is 0 Å². The van der Waals surface area contributed by atoms with Gasteiger partial charge >= 0.3 is 0 Å². The van der Waals surface area contributed by atoms with Crippen molar-refractivity contribution >= 4 is 0 Å². The zero-order chi connectivity index (χ0) is 11.9. The third-order valence-corrected chi connectivity index (χ3v) is 3.35. The number of aromatic nitrogens is 2. The van der Waals surface area contributed by atoms with Gasteiger partial charge in [0.2, 0.25) is 0 Å². The Morgan fingerprint density at radius 2 is 2.12 bits per heavy atom. The van der Waals surface area contributed by atoms with Gasteiger partial charge in [-0.3, -0.25) is 4.68 Å². The van der Waals surface area contributed by atoms with Crippen LogP contribution in [0.2, 0.25) is 0 Å². The van der Waals surface area contributed by atoms with Gasteiger partial charge in [-0.2, -0.15) is 5.10 Å². The summed E-state index contributed by atoms with van der Waals surface area (Å²) in [5.41, 5.74) is 1.32. The highest BCUT2D eigenvalue weighted by Crippen LogP contribution is 2.19. The van der Waals surface area contributed by atoms with E-state index < -0.39 is 0 Å². The first-order valence-electron chi connectivity index (χ1n) is 7.13. The topological polar surface area (TPSA) is 29.9 Å². The molecule has 0 atom stereocenters. The van der Waals surface area contributed by atoms with Gasteiger partial charge in [0, 0.05) is 30.9 Å². The number of aryl methyl sites for hydroxylation is 1. The summed E-state index contributed by atoms with van der Waals surface area (Å²) in [6.07, 6.45) is 13.6. The molecule has 0 radical (unpaired) electrons. The molecule has 0 bridgehead atoms. The summed E-state index contributed by atoms with van der Waals surface area (Å²) in [7, 11) is 0. The van der Waals surface area contributed by atoms with E-state index in [4.69, 9.17) is 0 Å². The number of nitrogens with zero attached hydrogens (tertiary/aromatic N) is 2. The van der Waals surface area contributed by atoms with Gasteiger partial charge < -0.3 is 5.32 Å². The molecule has 1 aliphatic carbocycles. The Balaban J connectivity index is 1.59. The minimum atomic E-state index is 0.785. The van der Waals surface area contributed by atoms with E-state index in [1.54, 1.807) is 0 Å². The van der Waals surface area contributed by atoms with Crippen molar-refractivity contribution in [2.45, 2.75) is 71.0 Å². The third-order valence-electron chi connectivity index (χ3n) is 3.35. The van der Waals surface area contributed by atoms with Crippen LogP contribution in [0, 0.1) is 0 Å². The number of unbranched alkanes of at least 4 members (excludes halogenated alkanes) is 4. The molecule has 3 nitrogen and oxygen atoms in total. The van der Waals surface area contributed by atoms with E-state index in [-0.39, 0.29) is 0 Å². The first kappa shape index (κ1) is 12.6. The molecule has 1 aliphatic rings. The van der Waals surface area contributed by atoms with Crippen LogP contribution in [0.3, 0.4) is 0 Å². The van der Waals surface area contributed by atoms with Crippen molar-refractivity contribution in [3.63, 3.8) is 0 Å². The van der Waals surface area contributed by atoms with Gasteiger partial charge in [-0.05, 0) is 19.3 Å². The minimum Gasteiger partial charge on any atom is -0.310 e. The first-order valence-corrected chi connectivity index (χ1v) is 7.13. The number of hydrogen-bond acceptors (Lipinski definition) is 2. The second-order valence-electron chi connectivity index (χ2n) is 5.18. The van der Waals surface area contributed by atoms with Gasteiger partial charge in [-0.1, -0.05) is 32.6 Å². The summed E-state index contributed by atoms with van der Waals surface area (Å²) in [4.78, 5) is 0. The van der Waals surface area contributed by atoms with Gasteiger partial charge in [-0.25, -0.2) is 0 Å². The zero-order valence-electron chi connectivity index (χ0n) is 11.0. The molecule has 0 spiro atoms. The Hall–Kier alpha value is -0.830. The van der Waals surface area contributed by atoms with E-state index in [2.05, 4.69) is 28.2 Å². The van der Waals surface area contributed by atoms with Crippen molar-refractivity contribution in [3.05, 3.63) is 18.0 Å². The Labute approximate surface area is 105 Å². The molecule has 3 heteroatoms. The van der Waals surface area contributed by atoms with Crippen molar-refractivity contribution in [1.82, 2.24) is 15.1 Å². The number of rotatable bonds is 9. The Kier molecular flexibility index (Phi) is 5.05. The summed E-state index contributed by atoms with van der Waals surface area (Å²) in [6, 6.07) is 0.785. The van der Waals surface area contributed by atoms with Crippen LogP contribution in [0.4, 0.5) is 0 Å². The van der Waals surface area contributed by atoms with Crippen LogP contribution in [-0.4, -0.2) is 15.8 Å². The van der Waals surface area contributed by atoms with Crippen LogP contribution in [-0.2, 0) is 13.1 Å². The summed E-state index contributed by atoms with van der Waals surface area (Å²) in [5, 5.41) is 7.93. The highest BCUT2D eigenvalue weighted by atomic mass is 15.3. The molecule has 1 aromatic rings. The minimum absolute atomic E-state index is 0.785. The van der Waals surface area contributed by atoms with Crippen LogP contribution < -0.4 is 5.32 Å². The Morgan fingerprint density at radius 3 is 2.88 bits per heavy atom. The molecule has 0 aromatic carbocycles. The molecule has 1 N–H and O–H groups in total. The largest absolute Gasteiger partial charge is 0.310 e. The average molecular weight is 235 g/mol. The molecular formula is C14H25N3. The fourth-order valence-corrected chi connectivity index (χ4v) is 2.05. The molecule has 0 saturated heterocycles. The van der Waals surface area contributed by atoms with Crippen LogP contribution in [0.15, 0.2) is 12.4 Å². The molecule has 1 saturated carbocycles. The molecule has 0 aliphatic heterocycles. The Morgan fingerprint density at radius 1 is 1.29 bits per heavy atom. The number of nitrogens with one attached hydrogen (secondary N) is 1. The van der Waals surface area contributed by atoms with Crippen molar-refractivity contribution < 1.29 is 0 Å². The predicted octanol–water partition coefficient (Wildman–Crippen LogP) is 3.11. The lowest BCUT2D eigenvalue weighted by Gasteiger charge is -2.01. The SMILES string of the molecule is CCCCCCCn1cc(CNC2CC2)cn1. The summed E-state index contributed by atoms with van der Waals surface area (Å²) >= 11 is 0. The predicted molar refractivity (Wildman–Crippen MR) is 70.8 cm³/mol. The summed E-state index contributed by atoms with van der Waals surface area (Å²) in [5.74, 6) is 0. The molecule has 1 fully saturated rings. The van der Waals surface area contributed by atoms with E-state index >= 15 is 0 Å². The molecule has 17 heavy (non-hydrogen) atoms. The maximum Gasteiger partial charge on any atom is 0.0534 e. The maximum absolute atomic E-state index is 4.41. The molecular weight excluding hydrogens is 210 g/mol. The molecule has 0 unspecified atom stereocenters. The maximum atomic E-state index is 4.41. The lowest BCUT2D eigenvalue weighted by atomic mass is 10.1. The van der Waals surface area contributed by atoms with Crippen molar-refractivity contribution in [1.29, 1.82) is 0 Å². The fourth-order valence-electron chi connectivity index (χ4n) is 2.05. The highest BCUT2D eigenvalue weighted by molar-refractivity contribution is 5.04. The molecule has 0 amide bonds. The fraction of sp³-hybridized carbons (Fsp3) is 0.786. The van der Waals surface area contributed by atoms with E-state index in [9.17, 15) is 0 Å². The van der Waals surface area contributed by atoms with Gasteiger partial charge in [0.05, 0.1) is 6.20 Å². The second-order valence-corrected chi connectivity index (χ2v) is 5.18. The van der Waals surface area contributed by atoms with Crippen LogP contribution in [0.5, 0.6) is 0 Å². The molecule has 1 aromatic heterocycles. The average Bonchev–Trinajstić information content (AvgIpc) is 3.06. The second kappa shape index (κ2) is 6.80. The van der Waals surface area contributed by atoms with Crippen molar-refractivity contribution in [2.75, 3.05) is 0 Å². The lowest BCUT2D eigenvalue weighted by molar-refractivity contribution is 0.532. The molecule has 96 valence electrons. The lowest BCUT2D eigenvalue weighted by Crippen LogP contribution is -2.14. The molecule has 2 rings (SSSR count). The van der Waals surface area contributed by atoms with E-state index in [1.165, 1.54) is 50.5 Å². The van der Waals surface area contributed by atoms with E-state index in [1.807, 2.05) is 6.20 Å². The standard InChI is InChI=1S/C14H25N3/c1-2-3-4-5-6-9-17-12-13(11-16-17)10-15-14-7-8-14/h11-12,14-15H,2-10H2,1H3. The van der Waals surface area contributed by atoms with Gasteiger partial charge in [-0.15, -0.1) is 0 Å². The van der Waals surface area contributed by atoms with Crippen LogP contribution >= 0.6 is 0 Å². The van der Waals surface area contributed by atoms with E-state index in [0.29, 0.717) is 0 Å². The molecule has 1 heterocycles. The summed E-state index contributed by atoms with van der Waals surface area (Å²) in [6.45, 7) is 4.32.